The van der Waals surface area contributed by atoms with Crippen molar-refractivity contribution >= 4 is 21.8 Å². The molecule has 1 aliphatic heterocycles. The van der Waals surface area contributed by atoms with E-state index in [9.17, 15) is 4.79 Å². The van der Waals surface area contributed by atoms with E-state index < -0.39 is 0 Å². The van der Waals surface area contributed by atoms with Crippen LogP contribution in [0.15, 0.2) is 24.3 Å². The van der Waals surface area contributed by atoms with Gasteiger partial charge in [-0.05, 0) is 42.7 Å². The van der Waals surface area contributed by atoms with Crippen molar-refractivity contribution in [3.8, 4) is 0 Å². The van der Waals surface area contributed by atoms with Crippen LogP contribution in [0.1, 0.15) is 36.8 Å². The highest BCUT2D eigenvalue weighted by molar-refractivity contribution is 9.09. The number of nitrogens with zero attached hydrogens (tertiary/aromatic N) is 1. The number of hydrogen-bond acceptors (Lipinski definition) is 3. The fourth-order valence-corrected chi connectivity index (χ4v) is 5.82. The maximum Gasteiger partial charge on any atom is 0.227 e. The lowest BCUT2D eigenvalue weighted by Crippen LogP contribution is -2.43. The molecule has 0 radical (unpaired) electrons. The van der Waals surface area contributed by atoms with E-state index in [0.717, 1.165) is 58.0 Å². The van der Waals surface area contributed by atoms with E-state index in [1.165, 1.54) is 17.5 Å². The Kier molecular flexibility index (Phi) is 5.16. The predicted molar refractivity (Wildman–Crippen MR) is 101 cm³/mol. The summed E-state index contributed by atoms with van der Waals surface area (Å²) in [5.74, 6) is 0.987. The van der Waals surface area contributed by atoms with Crippen LogP contribution in [0, 0.1) is 11.3 Å². The molecule has 1 N–H and O–H groups in total. The molecule has 1 amide bonds. The predicted octanol–water partition coefficient (Wildman–Crippen LogP) is 3.09. The van der Waals surface area contributed by atoms with Crippen LogP contribution in [0.4, 0.5) is 0 Å². The lowest BCUT2D eigenvalue weighted by Gasteiger charge is -2.30. The van der Waals surface area contributed by atoms with Gasteiger partial charge in [-0.2, -0.15) is 0 Å². The number of morpholine rings is 1. The Labute approximate surface area is 158 Å². The van der Waals surface area contributed by atoms with Crippen LogP contribution in [0.25, 0.3) is 0 Å². The number of ether oxygens (including phenoxy) is 1. The Morgan fingerprint density at radius 1 is 1.24 bits per heavy atom. The Morgan fingerprint density at radius 3 is 2.60 bits per heavy atom. The molecule has 3 fully saturated rings. The minimum atomic E-state index is -0.152. The van der Waals surface area contributed by atoms with E-state index in [1.54, 1.807) is 0 Å². The number of carbonyl (C=O) groups excluding carboxylic acids is 1. The van der Waals surface area contributed by atoms with Gasteiger partial charge in [-0.3, -0.25) is 9.69 Å². The first-order valence-corrected chi connectivity index (χ1v) is 10.4. The SMILES string of the molecule is O=C(NCc1ccc(CN2CCOCC2)cc1)[C@@]12CC[C@@H](C[C@H]1Br)C2. The van der Waals surface area contributed by atoms with Crippen LogP contribution in [-0.2, 0) is 22.6 Å². The van der Waals surface area contributed by atoms with E-state index in [0.29, 0.717) is 11.4 Å². The van der Waals surface area contributed by atoms with Crippen molar-refractivity contribution < 1.29 is 9.53 Å². The number of alkyl halides is 1. The summed E-state index contributed by atoms with van der Waals surface area (Å²) < 4.78 is 5.40. The van der Waals surface area contributed by atoms with Crippen molar-refractivity contribution in [1.29, 1.82) is 0 Å². The summed E-state index contributed by atoms with van der Waals surface area (Å²) in [6.07, 6.45) is 4.47. The highest BCUT2D eigenvalue weighted by Crippen LogP contribution is 2.57. The minimum Gasteiger partial charge on any atom is -0.379 e. The second-order valence-electron chi connectivity index (χ2n) is 7.86. The van der Waals surface area contributed by atoms with Crippen LogP contribution >= 0.6 is 15.9 Å². The molecule has 1 aromatic carbocycles. The first kappa shape index (κ1) is 17.5. The normalized spacial score (nSPS) is 32.0. The molecule has 25 heavy (non-hydrogen) atoms. The molecule has 0 unspecified atom stereocenters. The number of benzene rings is 1. The number of halogens is 1. The molecule has 1 aromatic rings. The van der Waals surface area contributed by atoms with Crippen molar-refractivity contribution in [1.82, 2.24) is 10.2 Å². The van der Waals surface area contributed by atoms with Crippen molar-refractivity contribution in [2.24, 2.45) is 11.3 Å². The average molecular weight is 407 g/mol. The number of hydrogen-bond donors (Lipinski definition) is 1. The Bertz CT molecular complexity index is 615. The van der Waals surface area contributed by atoms with Gasteiger partial charge < -0.3 is 10.1 Å². The average Bonchev–Trinajstić information content (AvgIpc) is 3.20. The van der Waals surface area contributed by atoms with Crippen LogP contribution in [0.3, 0.4) is 0 Å². The first-order valence-electron chi connectivity index (χ1n) is 9.46. The summed E-state index contributed by atoms with van der Waals surface area (Å²) in [5, 5.41) is 3.19. The van der Waals surface area contributed by atoms with Gasteiger partial charge >= 0.3 is 0 Å². The Morgan fingerprint density at radius 2 is 1.96 bits per heavy atom. The van der Waals surface area contributed by atoms with Crippen molar-refractivity contribution in [3.05, 3.63) is 35.4 Å². The Balaban J connectivity index is 1.30. The zero-order valence-electron chi connectivity index (χ0n) is 14.7. The zero-order valence-corrected chi connectivity index (χ0v) is 16.3. The molecular weight excluding hydrogens is 380 g/mol. The Hall–Kier alpha value is -0.910. The van der Waals surface area contributed by atoms with Crippen LogP contribution in [0.2, 0.25) is 0 Å². The molecule has 0 aromatic heterocycles. The standard InChI is InChI=1S/C20H27BrN2O2/c21-18-11-17-5-6-20(18,12-17)19(24)22-13-15-1-3-16(4-2-15)14-23-7-9-25-10-8-23/h1-4,17-18H,5-14H2,(H,22,24)/t17-,18+,20+/m0/s1. The summed E-state index contributed by atoms with van der Waals surface area (Å²) in [6, 6.07) is 8.66. The number of nitrogens with one attached hydrogen (secondary N) is 1. The second-order valence-corrected chi connectivity index (χ2v) is 8.96. The molecule has 2 saturated carbocycles. The van der Waals surface area contributed by atoms with E-state index in [2.05, 4.69) is 50.4 Å². The third-order valence-electron chi connectivity index (χ3n) is 6.23. The smallest absolute Gasteiger partial charge is 0.227 e. The topological polar surface area (TPSA) is 41.6 Å². The molecule has 4 nitrogen and oxygen atoms in total. The lowest BCUT2D eigenvalue weighted by atomic mass is 9.83. The number of carbonyl (C=O) groups is 1. The summed E-state index contributed by atoms with van der Waals surface area (Å²) in [4.78, 5) is 15.6. The van der Waals surface area contributed by atoms with Gasteiger partial charge in [0.05, 0.1) is 18.6 Å². The van der Waals surface area contributed by atoms with E-state index in [-0.39, 0.29) is 11.3 Å². The van der Waals surface area contributed by atoms with E-state index in [4.69, 9.17) is 4.74 Å². The van der Waals surface area contributed by atoms with Gasteiger partial charge in [0.25, 0.3) is 0 Å². The molecule has 0 spiro atoms. The largest absolute Gasteiger partial charge is 0.379 e. The highest BCUT2D eigenvalue weighted by Gasteiger charge is 2.55. The maximum absolute atomic E-state index is 12.8. The number of fused-ring (bicyclic) bond motifs is 2. The minimum absolute atomic E-state index is 0.152. The molecule has 1 saturated heterocycles. The van der Waals surface area contributed by atoms with E-state index in [1.807, 2.05) is 0 Å². The first-order chi connectivity index (χ1) is 12.2. The lowest BCUT2D eigenvalue weighted by molar-refractivity contribution is -0.130. The van der Waals surface area contributed by atoms with Crippen LogP contribution in [-0.4, -0.2) is 41.9 Å². The molecule has 4 rings (SSSR count). The fourth-order valence-electron chi connectivity index (χ4n) is 4.67. The van der Waals surface area contributed by atoms with Gasteiger partial charge in [0.2, 0.25) is 5.91 Å². The number of amides is 1. The van der Waals surface area contributed by atoms with Gasteiger partial charge in [-0.25, -0.2) is 0 Å². The zero-order chi connectivity index (χ0) is 17.3. The maximum atomic E-state index is 12.8. The molecule has 2 bridgehead atoms. The summed E-state index contributed by atoms with van der Waals surface area (Å²) in [5.41, 5.74) is 2.35. The molecule has 5 heteroatoms. The van der Waals surface area contributed by atoms with Crippen molar-refractivity contribution in [3.63, 3.8) is 0 Å². The summed E-state index contributed by atoms with van der Waals surface area (Å²) >= 11 is 3.76. The third-order valence-corrected chi connectivity index (χ3v) is 7.48. The third kappa shape index (κ3) is 3.64. The second kappa shape index (κ2) is 7.37. The summed E-state index contributed by atoms with van der Waals surface area (Å²) in [6.45, 7) is 5.29. The van der Waals surface area contributed by atoms with Gasteiger partial charge in [0, 0.05) is 31.0 Å². The summed E-state index contributed by atoms with van der Waals surface area (Å²) in [7, 11) is 0. The molecule has 3 aliphatic rings. The van der Waals surface area contributed by atoms with Gasteiger partial charge in [0.15, 0.2) is 0 Å². The van der Waals surface area contributed by atoms with Crippen LogP contribution in [0.5, 0.6) is 0 Å². The van der Waals surface area contributed by atoms with Gasteiger partial charge in [-0.1, -0.05) is 40.2 Å². The molecular formula is C20H27BrN2O2. The molecule has 2 aliphatic carbocycles. The monoisotopic (exact) mass is 406 g/mol. The molecule has 3 atom stereocenters. The van der Waals surface area contributed by atoms with Crippen molar-refractivity contribution in [2.45, 2.75) is 43.6 Å². The van der Waals surface area contributed by atoms with Gasteiger partial charge in [-0.15, -0.1) is 0 Å². The van der Waals surface area contributed by atoms with E-state index >= 15 is 0 Å². The van der Waals surface area contributed by atoms with Crippen LogP contribution < -0.4 is 5.32 Å². The fraction of sp³-hybridized carbons (Fsp3) is 0.650. The molecule has 1 heterocycles. The van der Waals surface area contributed by atoms with Crippen molar-refractivity contribution in [2.75, 3.05) is 26.3 Å². The van der Waals surface area contributed by atoms with Gasteiger partial charge in [0.1, 0.15) is 0 Å². The molecule has 136 valence electrons. The quantitative estimate of drug-likeness (QED) is 0.763. The number of rotatable bonds is 5. The highest BCUT2D eigenvalue weighted by atomic mass is 79.9.